The van der Waals surface area contributed by atoms with Crippen molar-refractivity contribution in [1.82, 2.24) is 9.97 Å². The molecule has 1 aliphatic heterocycles. The van der Waals surface area contributed by atoms with Gasteiger partial charge in [0.1, 0.15) is 5.82 Å². The van der Waals surface area contributed by atoms with Gasteiger partial charge in [-0.2, -0.15) is 0 Å². The smallest absolute Gasteiger partial charge is 0.354 e. The van der Waals surface area contributed by atoms with E-state index in [1.165, 1.54) is 6.07 Å². The third kappa shape index (κ3) is 2.12. The summed E-state index contributed by atoms with van der Waals surface area (Å²) in [4.78, 5) is 18.8. The van der Waals surface area contributed by atoms with E-state index in [0.29, 0.717) is 11.5 Å². The number of hydrogen-bond donors (Lipinski definition) is 1. The fraction of sp³-hybridized carbons (Fsp3) is 0.500. The molecule has 1 unspecified atom stereocenters. The maximum Gasteiger partial charge on any atom is 0.354 e. The van der Waals surface area contributed by atoms with Crippen LogP contribution >= 0.6 is 0 Å². The minimum absolute atomic E-state index is 0.0352. The molecule has 1 N–H and O–H groups in total. The number of aromatic carboxylic acids is 1. The number of carboxylic acids is 1. The van der Waals surface area contributed by atoms with Crippen molar-refractivity contribution in [2.45, 2.75) is 25.9 Å². The number of carboxylic acid groups (broad SMARTS) is 1. The Morgan fingerprint density at radius 1 is 1.60 bits per heavy atom. The summed E-state index contributed by atoms with van der Waals surface area (Å²) in [5, 5.41) is 8.85. The monoisotopic (exact) mass is 208 g/mol. The Kier molecular flexibility index (Phi) is 2.64. The van der Waals surface area contributed by atoms with Crippen molar-refractivity contribution in [3.8, 4) is 0 Å². The van der Waals surface area contributed by atoms with Crippen molar-refractivity contribution in [3.63, 3.8) is 0 Å². The van der Waals surface area contributed by atoms with Crippen molar-refractivity contribution in [2.24, 2.45) is 0 Å². The molecule has 0 bridgehead atoms. The molecule has 15 heavy (non-hydrogen) atoms. The molecule has 1 aromatic rings. The lowest BCUT2D eigenvalue weighted by molar-refractivity contribution is 0.0688. The van der Waals surface area contributed by atoms with E-state index in [9.17, 15) is 4.79 Å². The van der Waals surface area contributed by atoms with Gasteiger partial charge in [0.25, 0.3) is 0 Å². The highest BCUT2D eigenvalue weighted by Gasteiger charge is 2.21. The van der Waals surface area contributed by atoms with Crippen LogP contribution in [0.3, 0.4) is 0 Å². The van der Waals surface area contributed by atoms with Gasteiger partial charge in [0.05, 0.1) is 11.8 Å². The SMILES string of the molecule is Cc1nc(C(=O)O)cc(C2CCCO2)n1. The highest BCUT2D eigenvalue weighted by molar-refractivity contribution is 5.85. The van der Waals surface area contributed by atoms with Crippen LogP contribution in [-0.4, -0.2) is 27.7 Å². The maximum absolute atomic E-state index is 10.8. The summed E-state index contributed by atoms with van der Waals surface area (Å²) in [6.45, 7) is 2.40. The summed E-state index contributed by atoms with van der Waals surface area (Å²) >= 11 is 0. The predicted molar refractivity (Wildman–Crippen MR) is 51.7 cm³/mol. The summed E-state index contributed by atoms with van der Waals surface area (Å²) < 4.78 is 5.45. The quantitative estimate of drug-likeness (QED) is 0.793. The standard InChI is InChI=1S/C10H12N2O3/c1-6-11-7(9-3-2-4-15-9)5-8(12-6)10(13)14/h5,9H,2-4H2,1H3,(H,13,14). The normalized spacial score (nSPS) is 20.5. The fourth-order valence-corrected chi connectivity index (χ4v) is 1.68. The van der Waals surface area contributed by atoms with Crippen molar-refractivity contribution in [1.29, 1.82) is 0 Å². The van der Waals surface area contributed by atoms with Gasteiger partial charge in [0.15, 0.2) is 5.69 Å². The average Bonchev–Trinajstić information content (AvgIpc) is 2.69. The van der Waals surface area contributed by atoms with E-state index in [4.69, 9.17) is 9.84 Å². The molecule has 5 heteroatoms. The highest BCUT2D eigenvalue weighted by Crippen LogP contribution is 2.27. The van der Waals surface area contributed by atoms with Gasteiger partial charge in [-0.15, -0.1) is 0 Å². The van der Waals surface area contributed by atoms with Gasteiger partial charge in [-0.05, 0) is 25.8 Å². The first-order chi connectivity index (χ1) is 7.16. The zero-order chi connectivity index (χ0) is 10.8. The van der Waals surface area contributed by atoms with E-state index in [1.54, 1.807) is 6.92 Å². The van der Waals surface area contributed by atoms with Gasteiger partial charge < -0.3 is 9.84 Å². The van der Waals surface area contributed by atoms with Crippen LogP contribution in [0.5, 0.6) is 0 Å². The van der Waals surface area contributed by atoms with Crippen LogP contribution in [0.4, 0.5) is 0 Å². The number of rotatable bonds is 2. The minimum Gasteiger partial charge on any atom is -0.477 e. The summed E-state index contributed by atoms with van der Waals surface area (Å²) in [5.41, 5.74) is 0.713. The first-order valence-corrected chi connectivity index (χ1v) is 4.87. The Labute approximate surface area is 87.1 Å². The molecule has 0 aromatic carbocycles. The molecule has 0 spiro atoms. The molecule has 1 fully saturated rings. The molecule has 0 radical (unpaired) electrons. The van der Waals surface area contributed by atoms with Crippen LogP contribution < -0.4 is 0 Å². The lowest BCUT2D eigenvalue weighted by atomic mass is 10.1. The average molecular weight is 208 g/mol. The second kappa shape index (κ2) is 3.94. The van der Waals surface area contributed by atoms with Gasteiger partial charge in [0.2, 0.25) is 0 Å². The molecule has 0 amide bonds. The molecular formula is C10H12N2O3. The van der Waals surface area contributed by atoms with Crippen LogP contribution in [0.1, 0.15) is 41.0 Å². The van der Waals surface area contributed by atoms with Gasteiger partial charge in [-0.1, -0.05) is 0 Å². The number of nitrogens with zero attached hydrogens (tertiary/aromatic N) is 2. The van der Waals surface area contributed by atoms with Gasteiger partial charge in [-0.3, -0.25) is 0 Å². The molecule has 1 atom stereocenters. The van der Waals surface area contributed by atoms with E-state index in [0.717, 1.165) is 19.4 Å². The number of hydrogen-bond acceptors (Lipinski definition) is 4. The zero-order valence-electron chi connectivity index (χ0n) is 8.43. The van der Waals surface area contributed by atoms with E-state index >= 15 is 0 Å². The summed E-state index contributed by atoms with van der Waals surface area (Å²) in [6.07, 6.45) is 1.83. The van der Waals surface area contributed by atoms with Crippen LogP contribution in [0.25, 0.3) is 0 Å². The van der Waals surface area contributed by atoms with Crippen LogP contribution in [0, 0.1) is 6.92 Å². The van der Waals surface area contributed by atoms with E-state index in [2.05, 4.69) is 9.97 Å². The molecule has 1 aliphatic rings. The Balaban J connectivity index is 2.34. The summed E-state index contributed by atoms with van der Waals surface area (Å²) in [5.74, 6) is -0.555. The van der Waals surface area contributed by atoms with Gasteiger partial charge >= 0.3 is 5.97 Å². The lowest BCUT2D eigenvalue weighted by Crippen LogP contribution is -2.08. The molecule has 1 aromatic heterocycles. The van der Waals surface area contributed by atoms with Crippen molar-refractivity contribution < 1.29 is 14.6 Å². The molecule has 1 saturated heterocycles. The van der Waals surface area contributed by atoms with Crippen molar-refractivity contribution in [3.05, 3.63) is 23.3 Å². The van der Waals surface area contributed by atoms with Crippen molar-refractivity contribution >= 4 is 5.97 Å². The zero-order valence-corrected chi connectivity index (χ0v) is 8.43. The Morgan fingerprint density at radius 2 is 2.40 bits per heavy atom. The predicted octanol–water partition coefficient (Wildman–Crippen LogP) is 1.33. The molecule has 80 valence electrons. The second-order valence-electron chi connectivity index (χ2n) is 3.53. The Hall–Kier alpha value is -1.49. The van der Waals surface area contributed by atoms with E-state index in [1.807, 2.05) is 0 Å². The first kappa shape index (κ1) is 10.0. The number of aryl methyl sites for hydroxylation is 1. The third-order valence-electron chi connectivity index (χ3n) is 2.34. The Morgan fingerprint density at radius 3 is 3.00 bits per heavy atom. The number of carbonyl (C=O) groups is 1. The summed E-state index contributed by atoms with van der Waals surface area (Å²) in [7, 11) is 0. The van der Waals surface area contributed by atoms with Crippen LogP contribution in [0.15, 0.2) is 6.07 Å². The molecule has 2 rings (SSSR count). The topological polar surface area (TPSA) is 72.3 Å². The molecule has 2 heterocycles. The number of aromatic nitrogens is 2. The number of ether oxygens (including phenoxy) is 1. The van der Waals surface area contributed by atoms with Crippen molar-refractivity contribution in [2.75, 3.05) is 6.61 Å². The highest BCUT2D eigenvalue weighted by atomic mass is 16.5. The third-order valence-corrected chi connectivity index (χ3v) is 2.34. The van der Waals surface area contributed by atoms with Gasteiger partial charge in [0, 0.05) is 6.61 Å². The van der Waals surface area contributed by atoms with E-state index < -0.39 is 5.97 Å². The molecular weight excluding hydrogens is 196 g/mol. The summed E-state index contributed by atoms with van der Waals surface area (Å²) in [6, 6.07) is 1.49. The lowest BCUT2D eigenvalue weighted by Gasteiger charge is -2.09. The first-order valence-electron chi connectivity index (χ1n) is 4.87. The minimum atomic E-state index is -1.03. The maximum atomic E-state index is 10.8. The van der Waals surface area contributed by atoms with Gasteiger partial charge in [-0.25, -0.2) is 14.8 Å². The van der Waals surface area contributed by atoms with Crippen LogP contribution in [0.2, 0.25) is 0 Å². The fourth-order valence-electron chi connectivity index (χ4n) is 1.68. The van der Waals surface area contributed by atoms with Crippen LogP contribution in [-0.2, 0) is 4.74 Å². The second-order valence-corrected chi connectivity index (χ2v) is 3.53. The largest absolute Gasteiger partial charge is 0.477 e. The molecule has 5 nitrogen and oxygen atoms in total. The molecule has 0 saturated carbocycles. The Bertz CT molecular complexity index is 386. The van der Waals surface area contributed by atoms with E-state index in [-0.39, 0.29) is 11.8 Å². The molecule has 0 aliphatic carbocycles.